The highest BCUT2D eigenvalue weighted by Crippen LogP contribution is 2.20. The van der Waals surface area contributed by atoms with E-state index in [-0.39, 0.29) is 6.04 Å². The van der Waals surface area contributed by atoms with Gasteiger partial charge in [-0.3, -0.25) is 0 Å². The zero-order valence-electron chi connectivity index (χ0n) is 13.7. The van der Waals surface area contributed by atoms with E-state index < -0.39 is 11.7 Å². The average molecular weight is 307 g/mol. The van der Waals surface area contributed by atoms with Crippen molar-refractivity contribution >= 4 is 12.4 Å². The summed E-state index contributed by atoms with van der Waals surface area (Å²) in [6, 6.07) is 7.33. The van der Waals surface area contributed by atoms with E-state index in [9.17, 15) is 9.59 Å². The molecule has 0 aromatic heterocycles. The maximum Gasteiger partial charge on any atom is 0.408 e. The highest BCUT2D eigenvalue weighted by molar-refractivity contribution is 5.68. The Balaban J connectivity index is 2.56. The number of hydrogen-bond donors (Lipinski definition) is 1. The molecule has 0 fully saturated rings. The van der Waals surface area contributed by atoms with Crippen LogP contribution >= 0.6 is 0 Å². The molecule has 0 aliphatic carbocycles. The number of aldehydes is 1. The van der Waals surface area contributed by atoms with Gasteiger partial charge < -0.3 is 19.6 Å². The third-order valence-electron chi connectivity index (χ3n) is 2.83. The summed E-state index contributed by atoms with van der Waals surface area (Å²) in [5, 5.41) is 2.79. The first-order valence-corrected chi connectivity index (χ1v) is 7.48. The molecule has 1 rings (SSSR count). The zero-order valence-corrected chi connectivity index (χ0v) is 13.7. The van der Waals surface area contributed by atoms with Crippen molar-refractivity contribution in [2.24, 2.45) is 0 Å². The van der Waals surface area contributed by atoms with Gasteiger partial charge in [-0.25, -0.2) is 4.79 Å². The number of nitrogens with one attached hydrogen (secondary N) is 1. The molecule has 0 saturated heterocycles. The third-order valence-corrected chi connectivity index (χ3v) is 2.83. The van der Waals surface area contributed by atoms with Gasteiger partial charge in [0.05, 0.1) is 12.6 Å². The maximum absolute atomic E-state index is 11.8. The van der Waals surface area contributed by atoms with E-state index in [2.05, 4.69) is 5.32 Å². The van der Waals surface area contributed by atoms with E-state index >= 15 is 0 Å². The Morgan fingerprint density at radius 2 is 2.09 bits per heavy atom. The van der Waals surface area contributed by atoms with Gasteiger partial charge in [0, 0.05) is 6.42 Å². The number of benzene rings is 1. The van der Waals surface area contributed by atoms with Crippen molar-refractivity contribution in [3.63, 3.8) is 0 Å². The van der Waals surface area contributed by atoms with Crippen LogP contribution < -0.4 is 10.1 Å². The number of amides is 1. The molecular weight excluding hydrogens is 282 g/mol. The summed E-state index contributed by atoms with van der Waals surface area (Å²) < 4.78 is 10.8. The molecule has 0 unspecified atom stereocenters. The fraction of sp³-hybridized carbons (Fsp3) is 0.529. The first-order chi connectivity index (χ1) is 10.3. The van der Waals surface area contributed by atoms with Crippen LogP contribution in [-0.2, 0) is 9.53 Å². The number of alkyl carbamates (subject to hydrolysis) is 1. The normalized spacial score (nSPS) is 12.4. The van der Waals surface area contributed by atoms with Crippen LogP contribution in [0.3, 0.4) is 0 Å². The molecule has 1 atom stereocenters. The second-order valence-corrected chi connectivity index (χ2v) is 6.10. The van der Waals surface area contributed by atoms with Crippen molar-refractivity contribution in [2.75, 3.05) is 6.61 Å². The van der Waals surface area contributed by atoms with Crippen LogP contribution in [0.5, 0.6) is 5.75 Å². The van der Waals surface area contributed by atoms with Crippen molar-refractivity contribution in [2.45, 2.75) is 52.2 Å². The molecule has 5 nitrogen and oxygen atoms in total. The summed E-state index contributed by atoms with van der Waals surface area (Å²) in [6.45, 7) is 7.85. The number of hydrogen-bond acceptors (Lipinski definition) is 4. The lowest BCUT2D eigenvalue weighted by molar-refractivity contribution is -0.108. The monoisotopic (exact) mass is 307 g/mol. The smallest absolute Gasteiger partial charge is 0.408 e. The molecule has 1 amide bonds. The van der Waals surface area contributed by atoms with Gasteiger partial charge in [-0.15, -0.1) is 0 Å². The van der Waals surface area contributed by atoms with Crippen LogP contribution in [0, 0.1) is 0 Å². The van der Waals surface area contributed by atoms with Crippen molar-refractivity contribution in [1.82, 2.24) is 5.32 Å². The lowest BCUT2D eigenvalue weighted by atomic mass is 10.1. The van der Waals surface area contributed by atoms with Crippen LogP contribution in [0.25, 0.3) is 0 Å². The molecule has 0 aliphatic heterocycles. The van der Waals surface area contributed by atoms with Crippen molar-refractivity contribution < 1.29 is 19.1 Å². The van der Waals surface area contributed by atoms with E-state index in [1.54, 1.807) is 0 Å². The summed E-state index contributed by atoms with van der Waals surface area (Å²) >= 11 is 0. The summed E-state index contributed by atoms with van der Waals surface area (Å²) in [5.74, 6) is 0.723. The fourth-order valence-electron chi connectivity index (χ4n) is 1.80. The highest BCUT2D eigenvalue weighted by atomic mass is 16.6. The lowest BCUT2D eigenvalue weighted by Crippen LogP contribution is -2.34. The molecule has 1 N–H and O–H groups in total. The van der Waals surface area contributed by atoms with Gasteiger partial charge in [0.25, 0.3) is 0 Å². The predicted molar refractivity (Wildman–Crippen MR) is 85.0 cm³/mol. The number of rotatable bonds is 7. The highest BCUT2D eigenvalue weighted by Gasteiger charge is 2.18. The Labute approximate surface area is 132 Å². The Kier molecular flexibility index (Phi) is 6.89. The molecule has 1 aromatic rings. The zero-order chi connectivity index (χ0) is 16.6. The number of carbonyl (C=O) groups is 2. The first-order valence-electron chi connectivity index (χ1n) is 7.48. The summed E-state index contributed by atoms with van der Waals surface area (Å²) in [6.07, 6.45) is 1.62. The molecule has 22 heavy (non-hydrogen) atoms. The second-order valence-electron chi connectivity index (χ2n) is 6.10. The van der Waals surface area contributed by atoms with Crippen LogP contribution in [0.2, 0.25) is 0 Å². The van der Waals surface area contributed by atoms with Gasteiger partial charge in [-0.1, -0.05) is 12.1 Å². The van der Waals surface area contributed by atoms with Crippen molar-refractivity contribution in [3.05, 3.63) is 29.8 Å². The number of carbonyl (C=O) groups excluding carboxylic acids is 2. The minimum atomic E-state index is -0.520. The van der Waals surface area contributed by atoms with Crippen LogP contribution in [0.15, 0.2) is 24.3 Å². The summed E-state index contributed by atoms with van der Waals surface area (Å²) in [5.41, 5.74) is 0.409. The summed E-state index contributed by atoms with van der Waals surface area (Å²) in [4.78, 5) is 22.0. The molecule has 0 radical (unpaired) electrons. The van der Waals surface area contributed by atoms with Crippen molar-refractivity contribution in [1.29, 1.82) is 0 Å². The van der Waals surface area contributed by atoms with Gasteiger partial charge in [-0.2, -0.15) is 0 Å². The minimum absolute atomic E-state index is 0.187. The van der Waals surface area contributed by atoms with Crippen LogP contribution in [-0.4, -0.2) is 24.6 Å². The maximum atomic E-state index is 11.8. The molecule has 1 aromatic carbocycles. The van der Waals surface area contributed by atoms with Crippen LogP contribution in [0.4, 0.5) is 4.79 Å². The first kappa shape index (κ1) is 18.0. The Bertz CT molecular complexity index is 494. The SMILES string of the molecule is C[C@@H](NC(=O)OC(C)(C)C)c1cccc(OCCCC=O)c1. The largest absolute Gasteiger partial charge is 0.494 e. The fourth-order valence-corrected chi connectivity index (χ4v) is 1.80. The Morgan fingerprint density at radius 1 is 1.36 bits per heavy atom. The van der Waals surface area contributed by atoms with Gasteiger partial charge in [-0.05, 0) is 51.8 Å². The molecule has 0 heterocycles. The molecule has 0 bridgehead atoms. The van der Waals surface area contributed by atoms with E-state index in [4.69, 9.17) is 9.47 Å². The Morgan fingerprint density at radius 3 is 2.73 bits per heavy atom. The van der Waals surface area contributed by atoms with E-state index in [0.29, 0.717) is 19.4 Å². The number of ether oxygens (including phenoxy) is 2. The van der Waals surface area contributed by atoms with Crippen LogP contribution in [0.1, 0.15) is 52.1 Å². The standard InChI is InChI=1S/C17H25NO4/c1-13(18-16(20)22-17(2,3)4)14-8-7-9-15(12-14)21-11-6-5-10-19/h7-10,12-13H,5-6,11H2,1-4H3,(H,18,20)/t13-/m1/s1. The third kappa shape index (κ3) is 7.11. The molecule has 0 aliphatic rings. The Hall–Kier alpha value is -2.04. The number of unbranched alkanes of at least 4 members (excludes halogenated alkanes) is 1. The van der Waals surface area contributed by atoms with E-state index in [1.807, 2.05) is 52.0 Å². The summed E-state index contributed by atoms with van der Waals surface area (Å²) in [7, 11) is 0. The molecular formula is C17H25NO4. The van der Waals surface area contributed by atoms with Gasteiger partial charge in [0.15, 0.2) is 0 Å². The van der Waals surface area contributed by atoms with E-state index in [1.165, 1.54) is 0 Å². The average Bonchev–Trinajstić information content (AvgIpc) is 2.42. The quantitative estimate of drug-likeness (QED) is 0.617. The minimum Gasteiger partial charge on any atom is -0.494 e. The van der Waals surface area contributed by atoms with Gasteiger partial charge in [0.2, 0.25) is 0 Å². The lowest BCUT2D eigenvalue weighted by Gasteiger charge is -2.22. The predicted octanol–water partition coefficient (Wildman–Crippen LogP) is 3.63. The van der Waals surface area contributed by atoms with Gasteiger partial charge >= 0.3 is 6.09 Å². The molecule has 122 valence electrons. The second kappa shape index (κ2) is 8.41. The topological polar surface area (TPSA) is 64.6 Å². The molecule has 0 saturated carbocycles. The van der Waals surface area contributed by atoms with Crippen molar-refractivity contribution in [3.8, 4) is 5.75 Å². The van der Waals surface area contributed by atoms with Gasteiger partial charge in [0.1, 0.15) is 17.6 Å². The van der Waals surface area contributed by atoms with E-state index in [0.717, 1.165) is 17.6 Å². The molecule has 5 heteroatoms. The molecule has 0 spiro atoms.